The van der Waals surface area contributed by atoms with E-state index in [1.54, 1.807) is 6.20 Å². The van der Waals surface area contributed by atoms with Crippen LogP contribution in [-0.2, 0) is 21.3 Å². The molecule has 10 heteroatoms. The van der Waals surface area contributed by atoms with Gasteiger partial charge in [-0.25, -0.2) is 0 Å². The SMILES string of the molecule is CC(=O)NCCc1c[nH]c2ccc(OS(=O)(=O)C(F)(F)F)cc12. The molecule has 23 heavy (non-hydrogen) atoms. The highest BCUT2D eigenvalue weighted by atomic mass is 32.2. The lowest BCUT2D eigenvalue weighted by atomic mass is 10.1. The quantitative estimate of drug-likeness (QED) is 0.638. The van der Waals surface area contributed by atoms with E-state index in [0.717, 1.165) is 6.07 Å². The number of aromatic nitrogens is 1. The summed E-state index contributed by atoms with van der Waals surface area (Å²) in [5.41, 5.74) is -4.17. The van der Waals surface area contributed by atoms with Crippen LogP contribution in [0.25, 0.3) is 10.9 Å². The zero-order chi connectivity index (χ0) is 17.3. The van der Waals surface area contributed by atoms with Gasteiger partial charge in [0, 0.05) is 30.6 Å². The number of carbonyl (C=O) groups is 1. The summed E-state index contributed by atoms with van der Waals surface area (Å²) in [4.78, 5) is 13.7. The summed E-state index contributed by atoms with van der Waals surface area (Å²) in [6.45, 7) is 1.71. The molecule has 0 spiro atoms. The van der Waals surface area contributed by atoms with Crippen molar-refractivity contribution in [2.45, 2.75) is 18.9 Å². The predicted octanol–water partition coefficient (Wildman–Crippen LogP) is 2.07. The smallest absolute Gasteiger partial charge is 0.376 e. The molecular formula is C13H13F3N2O4S. The Hall–Kier alpha value is -2.23. The lowest BCUT2D eigenvalue weighted by Crippen LogP contribution is -2.28. The summed E-state index contributed by atoms with van der Waals surface area (Å²) in [7, 11) is -5.71. The Labute approximate surface area is 129 Å². The third-order valence-corrected chi connectivity index (χ3v) is 3.98. The Morgan fingerprint density at radius 3 is 2.65 bits per heavy atom. The van der Waals surface area contributed by atoms with E-state index in [9.17, 15) is 26.4 Å². The molecule has 2 N–H and O–H groups in total. The van der Waals surface area contributed by atoms with E-state index in [0.29, 0.717) is 29.4 Å². The van der Waals surface area contributed by atoms with Gasteiger partial charge in [-0.2, -0.15) is 21.6 Å². The van der Waals surface area contributed by atoms with Gasteiger partial charge in [0.05, 0.1) is 0 Å². The van der Waals surface area contributed by atoms with E-state index in [1.165, 1.54) is 19.1 Å². The molecule has 0 fully saturated rings. The summed E-state index contributed by atoms with van der Waals surface area (Å²) >= 11 is 0. The molecule has 0 radical (unpaired) electrons. The Morgan fingerprint density at radius 2 is 2.04 bits per heavy atom. The number of fused-ring (bicyclic) bond motifs is 1. The molecule has 0 bridgehead atoms. The van der Waals surface area contributed by atoms with Crippen molar-refractivity contribution < 1.29 is 30.6 Å². The first-order chi connectivity index (χ1) is 10.6. The van der Waals surface area contributed by atoms with Gasteiger partial charge in [0.25, 0.3) is 0 Å². The van der Waals surface area contributed by atoms with Crippen LogP contribution in [0.2, 0.25) is 0 Å². The number of nitrogens with one attached hydrogen (secondary N) is 2. The molecule has 0 aliphatic carbocycles. The minimum Gasteiger partial charge on any atom is -0.376 e. The third-order valence-electron chi connectivity index (χ3n) is 3.00. The first-order valence-corrected chi connectivity index (χ1v) is 7.86. The van der Waals surface area contributed by atoms with Gasteiger partial charge in [-0.05, 0) is 30.2 Å². The molecule has 1 aromatic carbocycles. The highest BCUT2D eigenvalue weighted by Crippen LogP contribution is 2.29. The van der Waals surface area contributed by atoms with Crippen molar-refractivity contribution in [3.8, 4) is 5.75 Å². The normalized spacial score (nSPS) is 12.3. The van der Waals surface area contributed by atoms with Crippen LogP contribution in [0.1, 0.15) is 12.5 Å². The Morgan fingerprint density at radius 1 is 1.35 bits per heavy atom. The van der Waals surface area contributed by atoms with Crippen molar-refractivity contribution in [2.75, 3.05) is 6.54 Å². The van der Waals surface area contributed by atoms with Gasteiger partial charge in [-0.1, -0.05) is 0 Å². The fourth-order valence-corrected chi connectivity index (χ4v) is 2.41. The lowest BCUT2D eigenvalue weighted by molar-refractivity contribution is -0.118. The highest BCUT2D eigenvalue weighted by Gasteiger charge is 2.48. The van der Waals surface area contributed by atoms with Crippen molar-refractivity contribution in [1.29, 1.82) is 0 Å². The molecular weight excluding hydrogens is 337 g/mol. The third kappa shape index (κ3) is 3.95. The standard InChI is InChI=1S/C13H13F3N2O4S/c1-8(19)17-5-4-9-7-18-12-3-2-10(6-11(9)12)22-23(20,21)13(14,15)16/h2-3,6-7,18H,4-5H2,1H3,(H,17,19). The van der Waals surface area contributed by atoms with Crippen LogP contribution in [0.15, 0.2) is 24.4 Å². The van der Waals surface area contributed by atoms with Crippen LogP contribution >= 0.6 is 0 Å². The maximum atomic E-state index is 12.3. The molecule has 2 aromatic rings. The van der Waals surface area contributed by atoms with E-state index in [1.807, 2.05) is 0 Å². The number of hydrogen-bond acceptors (Lipinski definition) is 4. The topological polar surface area (TPSA) is 88.3 Å². The van der Waals surface area contributed by atoms with E-state index in [4.69, 9.17) is 0 Å². The zero-order valence-electron chi connectivity index (χ0n) is 11.9. The largest absolute Gasteiger partial charge is 0.534 e. The van der Waals surface area contributed by atoms with Crippen molar-refractivity contribution in [1.82, 2.24) is 10.3 Å². The highest BCUT2D eigenvalue weighted by molar-refractivity contribution is 7.88. The first kappa shape index (κ1) is 17.1. The van der Waals surface area contributed by atoms with Gasteiger partial charge in [0.15, 0.2) is 0 Å². The van der Waals surface area contributed by atoms with E-state index in [2.05, 4.69) is 14.5 Å². The van der Waals surface area contributed by atoms with Crippen molar-refractivity contribution in [2.24, 2.45) is 0 Å². The summed E-state index contributed by atoms with van der Waals surface area (Å²) in [5.74, 6) is -0.639. The molecule has 1 aromatic heterocycles. The minimum absolute atomic E-state index is 0.204. The second-order valence-electron chi connectivity index (χ2n) is 4.74. The van der Waals surface area contributed by atoms with Crippen LogP contribution in [0.4, 0.5) is 13.2 Å². The Bertz CT molecular complexity index is 827. The Kier molecular flexibility index (Phi) is 4.55. The average molecular weight is 350 g/mol. The summed E-state index contributed by atoms with van der Waals surface area (Å²) < 4.78 is 63.2. The second-order valence-corrected chi connectivity index (χ2v) is 6.28. The number of halogens is 3. The van der Waals surface area contributed by atoms with Crippen molar-refractivity contribution in [3.63, 3.8) is 0 Å². The van der Waals surface area contributed by atoms with Crippen LogP contribution < -0.4 is 9.50 Å². The molecule has 0 unspecified atom stereocenters. The van der Waals surface area contributed by atoms with Gasteiger partial charge in [-0.15, -0.1) is 0 Å². The first-order valence-electron chi connectivity index (χ1n) is 6.45. The molecule has 0 saturated heterocycles. The molecule has 6 nitrogen and oxygen atoms in total. The number of benzene rings is 1. The molecule has 0 saturated carbocycles. The number of H-pyrrole nitrogens is 1. The van der Waals surface area contributed by atoms with Crippen LogP contribution in [0.5, 0.6) is 5.75 Å². The van der Waals surface area contributed by atoms with Crippen molar-refractivity contribution >= 4 is 26.9 Å². The van der Waals surface area contributed by atoms with Crippen molar-refractivity contribution in [3.05, 3.63) is 30.0 Å². The predicted molar refractivity (Wildman–Crippen MR) is 76.3 cm³/mol. The summed E-state index contributed by atoms with van der Waals surface area (Å²) in [6.07, 6.45) is 2.06. The average Bonchev–Trinajstić information content (AvgIpc) is 2.79. The van der Waals surface area contributed by atoms with Gasteiger partial charge in [0.1, 0.15) is 5.75 Å². The molecule has 1 amide bonds. The monoisotopic (exact) mass is 350 g/mol. The van der Waals surface area contributed by atoms with Gasteiger partial charge in [0.2, 0.25) is 5.91 Å². The minimum atomic E-state index is -5.71. The molecule has 2 rings (SSSR count). The molecule has 126 valence electrons. The number of amides is 1. The summed E-state index contributed by atoms with van der Waals surface area (Å²) in [5, 5.41) is 3.11. The maximum Gasteiger partial charge on any atom is 0.534 e. The molecule has 0 atom stereocenters. The fraction of sp³-hybridized carbons (Fsp3) is 0.308. The van der Waals surface area contributed by atoms with E-state index in [-0.39, 0.29) is 5.91 Å². The van der Waals surface area contributed by atoms with Crippen LogP contribution in [0.3, 0.4) is 0 Å². The van der Waals surface area contributed by atoms with E-state index < -0.39 is 21.4 Å². The Balaban J connectivity index is 2.25. The van der Waals surface area contributed by atoms with E-state index >= 15 is 0 Å². The van der Waals surface area contributed by atoms with Crippen LogP contribution in [0, 0.1) is 0 Å². The second kappa shape index (κ2) is 6.11. The molecule has 0 aliphatic heterocycles. The van der Waals surface area contributed by atoms with Crippen LogP contribution in [-0.4, -0.2) is 31.4 Å². The maximum absolute atomic E-state index is 12.3. The fourth-order valence-electron chi connectivity index (χ4n) is 1.96. The number of aromatic amines is 1. The van der Waals surface area contributed by atoms with Gasteiger partial charge >= 0.3 is 15.6 Å². The zero-order valence-corrected chi connectivity index (χ0v) is 12.7. The number of alkyl halides is 3. The van der Waals surface area contributed by atoms with Gasteiger partial charge < -0.3 is 14.5 Å². The number of rotatable bonds is 5. The number of hydrogen-bond donors (Lipinski definition) is 2. The summed E-state index contributed by atoms with van der Waals surface area (Å²) in [6, 6.07) is 3.75. The lowest BCUT2D eigenvalue weighted by Gasteiger charge is -2.09. The molecule has 1 heterocycles. The van der Waals surface area contributed by atoms with Gasteiger partial charge in [-0.3, -0.25) is 4.79 Å². The number of carbonyl (C=O) groups excluding carboxylic acids is 1. The molecule has 0 aliphatic rings.